The van der Waals surface area contributed by atoms with Crippen LogP contribution in [0.3, 0.4) is 0 Å². The van der Waals surface area contributed by atoms with E-state index in [0.717, 1.165) is 11.1 Å². The van der Waals surface area contributed by atoms with Gasteiger partial charge in [-0.2, -0.15) is 0 Å². The van der Waals surface area contributed by atoms with Gasteiger partial charge in [0.25, 0.3) is 5.91 Å². The summed E-state index contributed by atoms with van der Waals surface area (Å²) in [5.41, 5.74) is 2.88. The van der Waals surface area contributed by atoms with Gasteiger partial charge in [-0.05, 0) is 24.3 Å². The average molecular weight is 414 g/mol. The topological polar surface area (TPSA) is 73.6 Å². The van der Waals surface area contributed by atoms with Crippen molar-refractivity contribution in [2.24, 2.45) is 0 Å². The molecule has 0 atom stereocenters. The van der Waals surface area contributed by atoms with Crippen LogP contribution in [0.1, 0.15) is 15.9 Å². The second-order valence-corrected chi connectivity index (χ2v) is 6.80. The first-order valence-electron chi connectivity index (χ1n) is 9.79. The lowest BCUT2D eigenvalue weighted by Crippen LogP contribution is -2.23. The first-order valence-corrected chi connectivity index (χ1v) is 9.79. The third kappa shape index (κ3) is 4.43. The summed E-state index contributed by atoms with van der Waals surface area (Å²) in [5.74, 6) is 2.15. The van der Waals surface area contributed by atoms with Crippen LogP contribution in [-0.2, 0) is 6.54 Å². The molecule has 1 heterocycles. The monoisotopic (exact) mass is 414 g/mol. The molecular weight excluding hydrogens is 392 g/mol. The zero-order valence-corrected chi connectivity index (χ0v) is 17.3. The molecule has 0 spiro atoms. The molecular formula is C25H22N2O4. The van der Waals surface area contributed by atoms with Gasteiger partial charge in [0.05, 0.1) is 26.0 Å². The van der Waals surface area contributed by atoms with Crippen LogP contribution in [0.5, 0.6) is 11.5 Å². The van der Waals surface area contributed by atoms with Gasteiger partial charge in [-0.15, -0.1) is 0 Å². The van der Waals surface area contributed by atoms with Gasteiger partial charge in [0.2, 0.25) is 5.89 Å². The number of rotatable bonds is 7. The molecule has 4 aromatic rings. The molecule has 31 heavy (non-hydrogen) atoms. The number of methoxy groups -OCH3 is 2. The second kappa shape index (κ2) is 9.17. The lowest BCUT2D eigenvalue weighted by molar-refractivity contribution is 0.0951. The van der Waals surface area contributed by atoms with Crippen molar-refractivity contribution in [3.8, 4) is 34.3 Å². The van der Waals surface area contributed by atoms with Gasteiger partial charge in [-0.3, -0.25) is 4.79 Å². The Bertz CT molecular complexity index is 1190. The van der Waals surface area contributed by atoms with E-state index in [9.17, 15) is 4.79 Å². The summed E-state index contributed by atoms with van der Waals surface area (Å²) < 4.78 is 16.6. The van der Waals surface area contributed by atoms with E-state index in [2.05, 4.69) is 10.3 Å². The number of benzene rings is 3. The summed E-state index contributed by atoms with van der Waals surface area (Å²) in [4.78, 5) is 17.4. The third-order valence-electron chi connectivity index (χ3n) is 4.90. The number of nitrogens with one attached hydrogen (secondary N) is 1. The van der Waals surface area contributed by atoms with Gasteiger partial charge in [0.1, 0.15) is 11.5 Å². The highest BCUT2D eigenvalue weighted by atomic mass is 16.5. The number of ether oxygens (including phenoxy) is 2. The van der Waals surface area contributed by atoms with Crippen LogP contribution >= 0.6 is 0 Å². The molecule has 0 aliphatic carbocycles. The fourth-order valence-corrected chi connectivity index (χ4v) is 3.27. The summed E-state index contributed by atoms with van der Waals surface area (Å²) in [6.45, 7) is 0.307. The fraction of sp³-hybridized carbons (Fsp3) is 0.120. The summed E-state index contributed by atoms with van der Waals surface area (Å²) >= 11 is 0. The summed E-state index contributed by atoms with van der Waals surface area (Å²) in [6.07, 6.45) is 1.67. The smallest absolute Gasteiger partial charge is 0.252 e. The van der Waals surface area contributed by atoms with Crippen LogP contribution in [-0.4, -0.2) is 25.1 Å². The predicted octanol–water partition coefficient (Wildman–Crippen LogP) is 4.96. The van der Waals surface area contributed by atoms with Crippen LogP contribution in [0.25, 0.3) is 22.8 Å². The molecule has 0 fully saturated rings. The molecule has 6 nitrogen and oxygen atoms in total. The molecule has 1 N–H and O–H groups in total. The van der Waals surface area contributed by atoms with Gasteiger partial charge in [0, 0.05) is 29.3 Å². The molecule has 0 aliphatic heterocycles. The summed E-state index contributed by atoms with van der Waals surface area (Å²) in [5, 5.41) is 2.95. The van der Waals surface area contributed by atoms with Crippen LogP contribution in [0.15, 0.2) is 83.4 Å². The standard InChI is InChI=1S/C25H22N2O4/c1-29-19-13-12-18(22(14-19)30-2)15-26-24(28)20-10-6-7-11-21(20)25-27-16-23(31-25)17-8-4-3-5-9-17/h3-14,16H,15H2,1-2H3,(H,26,28). The fourth-order valence-electron chi connectivity index (χ4n) is 3.27. The minimum absolute atomic E-state index is 0.229. The molecule has 0 bridgehead atoms. The van der Waals surface area contributed by atoms with Crippen LogP contribution < -0.4 is 14.8 Å². The van der Waals surface area contributed by atoms with E-state index >= 15 is 0 Å². The van der Waals surface area contributed by atoms with Crippen molar-refractivity contribution in [3.05, 3.63) is 90.1 Å². The Kier molecular flexibility index (Phi) is 5.98. The number of hydrogen-bond donors (Lipinski definition) is 1. The average Bonchev–Trinajstić information content (AvgIpc) is 3.33. The Morgan fingerprint density at radius 3 is 2.52 bits per heavy atom. The minimum Gasteiger partial charge on any atom is -0.497 e. The molecule has 0 aliphatic rings. The van der Waals surface area contributed by atoms with E-state index in [1.807, 2.05) is 60.7 Å². The molecule has 3 aromatic carbocycles. The van der Waals surface area contributed by atoms with Crippen LogP contribution in [0, 0.1) is 0 Å². The molecule has 1 amide bonds. The number of carbonyl (C=O) groups is 1. The third-order valence-corrected chi connectivity index (χ3v) is 4.90. The lowest BCUT2D eigenvalue weighted by atomic mass is 10.1. The van der Waals surface area contributed by atoms with E-state index in [0.29, 0.717) is 40.8 Å². The Morgan fingerprint density at radius 1 is 0.968 bits per heavy atom. The van der Waals surface area contributed by atoms with Gasteiger partial charge < -0.3 is 19.2 Å². The molecule has 6 heteroatoms. The van der Waals surface area contributed by atoms with Crippen molar-refractivity contribution in [1.29, 1.82) is 0 Å². The maximum atomic E-state index is 13.0. The number of oxazole rings is 1. The number of amides is 1. The predicted molar refractivity (Wildman–Crippen MR) is 118 cm³/mol. The van der Waals surface area contributed by atoms with Gasteiger partial charge in [-0.1, -0.05) is 42.5 Å². The molecule has 4 rings (SSSR count). The Hall–Kier alpha value is -4.06. The van der Waals surface area contributed by atoms with Crippen LogP contribution in [0.2, 0.25) is 0 Å². The van der Waals surface area contributed by atoms with Gasteiger partial charge >= 0.3 is 0 Å². The molecule has 0 saturated carbocycles. The summed E-state index contributed by atoms with van der Waals surface area (Å²) in [6, 6.07) is 22.4. The van der Waals surface area contributed by atoms with E-state index in [4.69, 9.17) is 13.9 Å². The molecule has 0 saturated heterocycles. The highest BCUT2D eigenvalue weighted by molar-refractivity contribution is 6.00. The first-order chi connectivity index (χ1) is 15.2. The normalized spacial score (nSPS) is 10.5. The zero-order chi connectivity index (χ0) is 21.6. The number of nitrogens with zero attached hydrogens (tertiary/aromatic N) is 1. The zero-order valence-electron chi connectivity index (χ0n) is 17.3. The van der Waals surface area contributed by atoms with Crippen molar-refractivity contribution in [2.45, 2.75) is 6.54 Å². The Labute approximate surface area is 180 Å². The van der Waals surface area contributed by atoms with E-state index in [1.54, 1.807) is 32.5 Å². The van der Waals surface area contributed by atoms with E-state index in [-0.39, 0.29) is 5.91 Å². The number of hydrogen-bond acceptors (Lipinski definition) is 5. The lowest BCUT2D eigenvalue weighted by Gasteiger charge is -2.12. The van der Waals surface area contributed by atoms with Gasteiger partial charge in [0.15, 0.2) is 5.76 Å². The SMILES string of the molecule is COc1ccc(CNC(=O)c2ccccc2-c2ncc(-c3ccccc3)o2)c(OC)c1. The molecule has 0 radical (unpaired) electrons. The van der Waals surface area contributed by atoms with Crippen LogP contribution in [0.4, 0.5) is 0 Å². The Morgan fingerprint density at radius 2 is 1.74 bits per heavy atom. The van der Waals surface area contributed by atoms with Crippen molar-refractivity contribution in [1.82, 2.24) is 10.3 Å². The van der Waals surface area contributed by atoms with E-state index in [1.165, 1.54) is 0 Å². The first kappa shape index (κ1) is 20.2. The number of aromatic nitrogens is 1. The Balaban J connectivity index is 1.55. The van der Waals surface area contributed by atoms with Crippen molar-refractivity contribution >= 4 is 5.91 Å². The van der Waals surface area contributed by atoms with Crippen molar-refractivity contribution in [3.63, 3.8) is 0 Å². The molecule has 0 unspecified atom stereocenters. The van der Waals surface area contributed by atoms with Crippen molar-refractivity contribution in [2.75, 3.05) is 14.2 Å². The molecule has 156 valence electrons. The van der Waals surface area contributed by atoms with Crippen molar-refractivity contribution < 1.29 is 18.7 Å². The second-order valence-electron chi connectivity index (χ2n) is 6.80. The largest absolute Gasteiger partial charge is 0.497 e. The molecule has 1 aromatic heterocycles. The quantitative estimate of drug-likeness (QED) is 0.463. The number of carbonyl (C=O) groups excluding carboxylic acids is 1. The van der Waals surface area contributed by atoms with E-state index < -0.39 is 0 Å². The maximum absolute atomic E-state index is 13.0. The highest BCUT2D eigenvalue weighted by Gasteiger charge is 2.17. The maximum Gasteiger partial charge on any atom is 0.252 e. The minimum atomic E-state index is -0.229. The summed E-state index contributed by atoms with van der Waals surface area (Å²) in [7, 11) is 3.18. The van der Waals surface area contributed by atoms with Gasteiger partial charge in [-0.25, -0.2) is 4.98 Å². The highest BCUT2D eigenvalue weighted by Crippen LogP contribution is 2.28.